The maximum absolute atomic E-state index is 12.2. The van der Waals surface area contributed by atoms with Crippen LogP contribution in [0, 0.1) is 0 Å². The van der Waals surface area contributed by atoms with Crippen LogP contribution in [0.4, 0.5) is 5.82 Å². The third-order valence-corrected chi connectivity index (χ3v) is 4.75. The summed E-state index contributed by atoms with van der Waals surface area (Å²) < 4.78 is 26.7. The topological polar surface area (TPSA) is 74.8 Å². The van der Waals surface area contributed by atoms with Crippen LogP contribution in [0.3, 0.4) is 0 Å². The Bertz CT molecular complexity index is 726. The lowest BCUT2D eigenvalue weighted by atomic mass is 10.1. The standard InChI is InChI=1S/C12H13Cl2N3O2S/c1-7(2)11-6-12(16-15-11)17-20(18,19)8-3-4-9(13)10(14)5-8/h3-7H,1-2H3,(H2,15,16,17). The molecule has 0 atom stereocenters. The van der Waals surface area contributed by atoms with Gasteiger partial charge in [-0.05, 0) is 24.1 Å². The molecule has 2 rings (SSSR count). The minimum Gasteiger partial charge on any atom is -0.280 e. The summed E-state index contributed by atoms with van der Waals surface area (Å²) in [6.45, 7) is 3.95. The van der Waals surface area contributed by atoms with Crippen molar-refractivity contribution in [1.29, 1.82) is 0 Å². The highest BCUT2D eigenvalue weighted by molar-refractivity contribution is 7.92. The molecule has 0 radical (unpaired) electrons. The van der Waals surface area contributed by atoms with Gasteiger partial charge in [-0.25, -0.2) is 8.42 Å². The van der Waals surface area contributed by atoms with E-state index in [1.54, 1.807) is 6.07 Å². The fourth-order valence-electron chi connectivity index (χ4n) is 1.53. The molecule has 0 unspecified atom stereocenters. The lowest BCUT2D eigenvalue weighted by molar-refractivity contribution is 0.601. The summed E-state index contributed by atoms with van der Waals surface area (Å²) in [4.78, 5) is 0.0287. The highest BCUT2D eigenvalue weighted by Gasteiger charge is 2.17. The van der Waals surface area contributed by atoms with Gasteiger partial charge in [0, 0.05) is 11.8 Å². The number of anilines is 1. The molecule has 1 heterocycles. The van der Waals surface area contributed by atoms with Crippen LogP contribution in [0.2, 0.25) is 10.0 Å². The monoisotopic (exact) mass is 333 g/mol. The molecule has 0 spiro atoms. The van der Waals surface area contributed by atoms with E-state index < -0.39 is 10.0 Å². The number of nitrogens with zero attached hydrogens (tertiary/aromatic N) is 1. The second kappa shape index (κ2) is 5.63. The van der Waals surface area contributed by atoms with E-state index in [2.05, 4.69) is 14.9 Å². The zero-order valence-corrected chi connectivity index (χ0v) is 13.1. The Balaban J connectivity index is 2.28. The number of aromatic nitrogens is 2. The summed E-state index contributed by atoms with van der Waals surface area (Å²) >= 11 is 11.6. The summed E-state index contributed by atoms with van der Waals surface area (Å²) in [7, 11) is -3.74. The van der Waals surface area contributed by atoms with Crippen molar-refractivity contribution in [3.8, 4) is 0 Å². The van der Waals surface area contributed by atoms with E-state index in [0.29, 0.717) is 5.02 Å². The predicted molar refractivity (Wildman–Crippen MR) is 79.9 cm³/mol. The molecule has 1 aromatic carbocycles. The van der Waals surface area contributed by atoms with Crippen LogP contribution < -0.4 is 4.72 Å². The van der Waals surface area contributed by atoms with E-state index in [1.165, 1.54) is 18.2 Å². The average molecular weight is 334 g/mol. The Hall–Kier alpha value is -1.24. The molecular formula is C12H13Cl2N3O2S. The van der Waals surface area contributed by atoms with Gasteiger partial charge in [0.25, 0.3) is 10.0 Å². The van der Waals surface area contributed by atoms with Crippen molar-refractivity contribution in [3.05, 3.63) is 40.0 Å². The molecule has 0 fully saturated rings. The van der Waals surface area contributed by atoms with Crippen LogP contribution in [0.5, 0.6) is 0 Å². The Morgan fingerprint density at radius 1 is 1.20 bits per heavy atom. The quantitative estimate of drug-likeness (QED) is 0.896. The van der Waals surface area contributed by atoms with Gasteiger partial charge in [0.15, 0.2) is 5.82 Å². The lowest BCUT2D eigenvalue weighted by Gasteiger charge is -2.06. The number of nitrogens with one attached hydrogen (secondary N) is 2. The average Bonchev–Trinajstić information content (AvgIpc) is 2.80. The number of halogens is 2. The molecule has 0 amide bonds. The zero-order valence-electron chi connectivity index (χ0n) is 10.8. The third kappa shape index (κ3) is 3.26. The van der Waals surface area contributed by atoms with Gasteiger partial charge in [0.1, 0.15) is 0 Å². The molecule has 0 aliphatic rings. The van der Waals surface area contributed by atoms with E-state index in [9.17, 15) is 8.42 Å². The van der Waals surface area contributed by atoms with Gasteiger partial charge in [0.2, 0.25) is 0 Å². The number of H-pyrrole nitrogens is 1. The van der Waals surface area contributed by atoms with Gasteiger partial charge in [-0.1, -0.05) is 37.0 Å². The van der Waals surface area contributed by atoms with Gasteiger partial charge >= 0.3 is 0 Å². The van der Waals surface area contributed by atoms with Crippen LogP contribution in [-0.4, -0.2) is 18.6 Å². The van der Waals surface area contributed by atoms with Crippen LogP contribution in [-0.2, 0) is 10.0 Å². The number of rotatable bonds is 4. The Morgan fingerprint density at radius 3 is 2.45 bits per heavy atom. The van der Waals surface area contributed by atoms with E-state index in [1.807, 2.05) is 13.8 Å². The molecule has 2 aromatic rings. The molecule has 0 aliphatic heterocycles. The summed E-state index contributed by atoms with van der Waals surface area (Å²) in [5, 5.41) is 7.17. The van der Waals surface area contributed by atoms with E-state index >= 15 is 0 Å². The largest absolute Gasteiger partial charge is 0.280 e. The molecule has 108 valence electrons. The molecule has 0 saturated heterocycles. The second-order valence-electron chi connectivity index (χ2n) is 4.54. The molecule has 8 heteroatoms. The van der Waals surface area contributed by atoms with Gasteiger partial charge in [-0.2, -0.15) is 5.10 Å². The number of benzene rings is 1. The van der Waals surface area contributed by atoms with Crippen molar-refractivity contribution >= 4 is 39.0 Å². The molecular weight excluding hydrogens is 321 g/mol. The highest BCUT2D eigenvalue weighted by atomic mass is 35.5. The molecule has 0 saturated carbocycles. The Kier molecular flexibility index (Phi) is 4.27. The fourth-order valence-corrected chi connectivity index (χ4v) is 2.91. The van der Waals surface area contributed by atoms with Crippen LogP contribution in [0.1, 0.15) is 25.5 Å². The number of hydrogen-bond donors (Lipinski definition) is 2. The second-order valence-corrected chi connectivity index (χ2v) is 7.04. The summed E-state index contributed by atoms with van der Waals surface area (Å²) in [5.74, 6) is 0.463. The van der Waals surface area contributed by atoms with E-state index in [-0.39, 0.29) is 21.7 Å². The maximum atomic E-state index is 12.2. The van der Waals surface area contributed by atoms with Crippen molar-refractivity contribution in [2.75, 3.05) is 4.72 Å². The molecule has 0 bridgehead atoms. The van der Waals surface area contributed by atoms with Gasteiger partial charge < -0.3 is 0 Å². The highest BCUT2D eigenvalue weighted by Crippen LogP contribution is 2.26. The van der Waals surface area contributed by atoms with Crippen LogP contribution >= 0.6 is 23.2 Å². The first-order valence-corrected chi connectivity index (χ1v) is 8.06. The third-order valence-electron chi connectivity index (χ3n) is 2.66. The van der Waals surface area contributed by atoms with E-state index in [4.69, 9.17) is 23.2 Å². The Morgan fingerprint density at radius 2 is 1.90 bits per heavy atom. The summed E-state index contributed by atoms with van der Waals surface area (Å²) in [6.07, 6.45) is 0. The number of sulfonamides is 1. The van der Waals surface area contributed by atoms with Crippen molar-refractivity contribution in [3.63, 3.8) is 0 Å². The molecule has 20 heavy (non-hydrogen) atoms. The van der Waals surface area contributed by atoms with Gasteiger partial charge in [0.05, 0.1) is 14.9 Å². The SMILES string of the molecule is CC(C)c1cc(NS(=O)(=O)c2ccc(Cl)c(Cl)c2)n[nH]1. The van der Waals surface area contributed by atoms with Crippen LogP contribution in [0.15, 0.2) is 29.2 Å². The van der Waals surface area contributed by atoms with Gasteiger partial charge in [-0.3, -0.25) is 9.82 Å². The van der Waals surface area contributed by atoms with Gasteiger partial charge in [-0.15, -0.1) is 0 Å². The van der Waals surface area contributed by atoms with Crippen LogP contribution in [0.25, 0.3) is 0 Å². The van der Waals surface area contributed by atoms with E-state index in [0.717, 1.165) is 5.69 Å². The molecule has 0 aliphatic carbocycles. The number of aromatic amines is 1. The molecule has 1 aromatic heterocycles. The number of hydrogen-bond acceptors (Lipinski definition) is 3. The smallest absolute Gasteiger partial charge is 0.263 e. The molecule has 2 N–H and O–H groups in total. The first-order valence-electron chi connectivity index (χ1n) is 5.83. The minimum atomic E-state index is -3.74. The van der Waals surface area contributed by atoms with Crippen molar-refractivity contribution in [1.82, 2.24) is 10.2 Å². The summed E-state index contributed by atoms with van der Waals surface area (Å²) in [6, 6.07) is 5.76. The zero-order chi connectivity index (χ0) is 14.9. The van der Waals surface area contributed by atoms with Crippen molar-refractivity contribution < 1.29 is 8.42 Å². The predicted octanol–water partition coefficient (Wildman–Crippen LogP) is 3.64. The first-order chi connectivity index (χ1) is 9.29. The fraction of sp³-hybridized carbons (Fsp3) is 0.250. The maximum Gasteiger partial charge on any atom is 0.263 e. The minimum absolute atomic E-state index is 0.0287. The first kappa shape index (κ1) is 15.2. The summed E-state index contributed by atoms with van der Waals surface area (Å²) in [5.41, 5.74) is 0.844. The Labute approximate surface area is 127 Å². The van der Waals surface area contributed by atoms with Crippen molar-refractivity contribution in [2.45, 2.75) is 24.7 Å². The lowest BCUT2D eigenvalue weighted by Crippen LogP contribution is -2.13. The molecule has 5 nitrogen and oxygen atoms in total. The van der Waals surface area contributed by atoms with Crippen molar-refractivity contribution in [2.24, 2.45) is 0 Å². The normalized spacial score (nSPS) is 11.8.